The van der Waals surface area contributed by atoms with Crippen molar-refractivity contribution in [2.24, 2.45) is 10.9 Å². The van der Waals surface area contributed by atoms with Crippen molar-refractivity contribution in [3.05, 3.63) is 27.8 Å². The van der Waals surface area contributed by atoms with E-state index < -0.39 is 0 Å². The second-order valence-electron chi connectivity index (χ2n) is 5.74. The summed E-state index contributed by atoms with van der Waals surface area (Å²) in [6, 6.07) is 8.39. The molecule has 1 aliphatic heterocycles. The number of rotatable bonds is 1. The smallest absolute Gasteiger partial charge is 0.161 e. The minimum Gasteiger partial charge on any atom is -0.334 e. The number of anilines is 1. The van der Waals surface area contributed by atoms with E-state index >= 15 is 0 Å². The fourth-order valence-electron chi connectivity index (χ4n) is 3.09. The van der Waals surface area contributed by atoms with E-state index in [1.54, 1.807) is 0 Å². The molecule has 1 heterocycles. The van der Waals surface area contributed by atoms with Crippen molar-refractivity contribution in [1.29, 1.82) is 0 Å². The van der Waals surface area contributed by atoms with Crippen LogP contribution in [0.2, 0.25) is 0 Å². The van der Waals surface area contributed by atoms with E-state index in [1.807, 2.05) is 11.8 Å². The molecule has 1 spiro atoms. The van der Waals surface area contributed by atoms with Gasteiger partial charge in [-0.2, -0.15) is 0 Å². The Balaban J connectivity index is 1.75. The minimum absolute atomic E-state index is 0.227. The van der Waals surface area contributed by atoms with Crippen LogP contribution in [-0.4, -0.2) is 16.5 Å². The number of amidine groups is 1. The standard InChI is InChI=1S/C15H19IN2S/c1-11-5-4-8-15(9-11)10-19-14(18-15)17-13-7-3-2-6-12(13)16/h2-3,6-7,11H,4-5,8-10H2,1H3,(H,17,18). The number of halogens is 1. The van der Waals surface area contributed by atoms with Crippen LogP contribution in [0.15, 0.2) is 29.3 Å². The van der Waals surface area contributed by atoms with Crippen molar-refractivity contribution in [3.63, 3.8) is 0 Å². The summed E-state index contributed by atoms with van der Waals surface area (Å²) in [5.41, 5.74) is 1.40. The number of hydrogen-bond acceptors (Lipinski definition) is 3. The summed E-state index contributed by atoms with van der Waals surface area (Å²) in [6.07, 6.45) is 5.24. The van der Waals surface area contributed by atoms with Gasteiger partial charge in [-0.05, 0) is 53.5 Å². The topological polar surface area (TPSA) is 24.4 Å². The third-order valence-electron chi connectivity index (χ3n) is 4.00. The van der Waals surface area contributed by atoms with Gasteiger partial charge in [0.2, 0.25) is 0 Å². The van der Waals surface area contributed by atoms with Gasteiger partial charge in [-0.25, -0.2) is 0 Å². The average Bonchev–Trinajstić information content (AvgIpc) is 2.75. The maximum atomic E-state index is 5.03. The van der Waals surface area contributed by atoms with E-state index in [-0.39, 0.29) is 5.54 Å². The highest BCUT2D eigenvalue weighted by Crippen LogP contribution is 2.42. The Labute approximate surface area is 133 Å². The summed E-state index contributed by atoms with van der Waals surface area (Å²) in [5, 5.41) is 4.61. The lowest BCUT2D eigenvalue weighted by atomic mass is 9.78. The first-order valence-electron chi connectivity index (χ1n) is 6.91. The molecule has 0 saturated heterocycles. The second-order valence-corrected chi connectivity index (χ2v) is 7.86. The summed E-state index contributed by atoms with van der Waals surface area (Å²) in [6.45, 7) is 2.37. The predicted molar refractivity (Wildman–Crippen MR) is 93.0 cm³/mol. The highest BCUT2D eigenvalue weighted by atomic mass is 127. The molecular formula is C15H19IN2S. The van der Waals surface area contributed by atoms with Gasteiger partial charge in [0.15, 0.2) is 5.17 Å². The molecule has 2 aliphatic rings. The van der Waals surface area contributed by atoms with Crippen LogP contribution in [0.4, 0.5) is 5.69 Å². The normalized spacial score (nSPS) is 30.4. The molecule has 0 amide bonds. The fourth-order valence-corrected chi connectivity index (χ4v) is 4.78. The van der Waals surface area contributed by atoms with Crippen LogP contribution < -0.4 is 5.32 Å². The van der Waals surface area contributed by atoms with E-state index in [9.17, 15) is 0 Å². The maximum Gasteiger partial charge on any atom is 0.161 e. The van der Waals surface area contributed by atoms with Gasteiger partial charge >= 0.3 is 0 Å². The molecule has 102 valence electrons. The van der Waals surface area contributed by atoms with Gasteiger partial charge in [0.25, 0.3) is 0 Å². The largest absolute Gasteiger partial charge is 0.334 e. The number of benzene rings is 1. The number of nitrogens with zero attached hydrogens (tertiary/aromatic N) is 1. The first-order chi connectivity index (χ1) is 9.17. The number of para-hydroxylation sites is 1. The van der Waals surface area contributed by atoms with Crippen LogP contribution in [0.1, 0.15) is 32.6 Å². The predicted octanol–water partition coefficient (Wildman–Crippen LogP) is 4.75. The van der Waals surface area contributed by atoms with E-state index in [0.717, 1.165) is 16.8 Å². The van der Waals surface area contributed by atoms with Crippen molar-refractivity contribution in [2.75, 3.05) is 11.1 Å². The molecule has 1 aromatic rings. The van der Waals surface area contributed by atoms with Crippen LogP contribution in [0, 0.1) is 9.49 Å². The van der Waals surface area contributed by atoms with Crippen LogP contribution >= 0.6 is 34.4 Å². The zero-order chi connectivity index (χ0) is 13.3. The molecule has 1 aromatic carbocycles. The van der Waals surface area contributed by atoms with Gasteiger partial charge in [-0.3, -0.25) is 4.99 Å². The zero-order valence-corrected chi connectivity index (χ0v) is 14.1. The van der Waals surface area contributed by atoms with Crippen molar-refractivity contribution in [1.82, 2.24) is 0 Å². The monoisotopic (exact) mass is 386 g/mol. The quantitative estimate of drug-likeness (QED) is 0.705. The van der Waals surface area contributed by atoms with E-state index in [1.165, 1.54) is 34.9 Å². The Morgan fingerprint density at radius 2 is 2.26 bits per heavy atom. The highest BCUT2D eigenvalue weighted by Gasteiger charge is 2.39. The Bertz CT molecular complexity index is 503. The molecule has 0 bridgehead atoms. The average molecular weight is 386 g/mol. The van der Waals surface area contributed by atoms with Crippen LogP contribution in [-0.2, 0) is 0 Å². The molecule has 2 nitrogen and oxygen atoms in total. The van der Waals surface area contributed by atoms with Crippen molar-refractivity contribution in [2.45, 2.75) is 38.1 Å². The van der Waals surface area contributed by atoms with E-state index in [0.29, 0.717) is 0 Å². The van der Waals surface area contributed by atoms with Gasteiger partial charge in [-0.1, -0.05) is 43.7 Å². The van der Waals surface area contributed by atoms with E-state index in [4.69, 9.17) is 4.99 Å². The Hall–Kier alpha value is -0.230. The molecule has 1 fully saturated rings. The molecule has 0 aromatic heterocycles. The summed E-state index contributed by atoms with van der Waals surface area (Å²) >= 11 is 4.26. The Morgan fingerprint density at radius 3 is 3.05 bits per heavy atom. The zero-order valence-electron chi connectivity index (χ0n) is 11.2. The molecule has 0 radical (unpaired) electrons. The third-order valence-corrected chi connectivity index (χ3v) is 6.09. The van der Waals surface area contributed by atoms with Crippen molar-refractivity contribution < 1.29 is 0 Å². The first-order valence-corrected chi connectivity index (χ1v) is 8.98. The maximum absolute atomic E-state index is 5.03. The number of hydrogen-bond donors (Lipinski definition) is 1. The highest BCUT2D eigenvalue weighted by molar-refractivity contribution is 14.1. The Kier molecular flexibility index (Phi) is 4.08. The van der Waals surface area contributed by atoms with Crippen LogP contribution in [0.25, 0.3) is 0 Å². The minimum atomic E-state index is 0.227. The number of thioether (sulfide) groups is 1. The molecule has 3 rings (SSSR count). The van der Waals surface area contributed by atoms with Crippen LogP contribution in [0.5, 0.6) is 0 Å². The van der Waals surface area contributed by atoms with Gasteiger partial charge in [0, 0.05) is 9.32 Å². The van der Waals surface area contributed by atoms with Gasteiger partial charge in [0.05, 0.1) is 11.2 Å². The summed E-state index contributed by atoms with van der Waals surface area (Å²) in [4.78, 5) is 5.03. The molecule has 1 aliphatic carbocycles. The lowest BCUT2D eigenvalue weighted by Crippen LogP contribution is -2.33. The SMILES string of the molecule is CC1CCCC2(CSC(Nc3ccccc3I)=N2)C1. The molecule has 2 atom stereocenters. The van der Waals surface area contributed by atoms with Gasteiger partial charge in [0.1, 0.15) is 0 Å². The van der Waals surface area contributed by atoms with Crippen molar-refractivity contribution >= 4 is 45.2 Å². The molecule has 4 heteroatoms. The fraction of sp³-hybridized carbons (Fsp3) is 0.533. The van der Waals surface area contributed by atoms with E-state index in [2.05, 4.69) is 59.1 Å². The third kappa shape index (κ3) is 3.10. The molecule has 19 heavy (non-hydrogen) atoms. The van der Waals surface area contributed by atoms with Gasteiger partial charge in [-0.15, -0.1) is 0 Å². The molecular weight excluding hydrogens is 367 g/mol. The molecule has 1 N–H and O–H groups in total. The number of aliphatic imine (C=N–C) groups is 1. The molecule has 2 unspecified atom stereocenters. The lowest BCUT2D eigenvalue weighted by Gasteiger charge is -2.33. The summed E-state index contributed by atoms with van der Waals surface area (Å²) < 4.78 is 1.25. The van der Waals surface area contributed by atoms with Crippen LogP contribution in [0.3, 0.4) is 0 Å². The summed E-state index contributed by atoms with van der Waals surface area (Å²) in [5.74, 6) is 1.98. The first kappa shape index (κ1) is 13.7. The summed E-state index contributed by atoms with van der Waals surface area (Å²) in [7, 11) is 0. The second kappa shape index (κ2) is 5.64. The lowest BCUT2D eigenvalue weighted by molar-refractivity contribution is 0.266. The van der Waals surface area contributed by atoms with Gasteiger partial charge < -0.3 is 5.32 Å². The molecule has 1 saturated carbocycles. The Morgan fingerprint density at radius 1 is 1.42 bits per heavy atom. The van der Waals surface area contributed by atoms with Crippen molar-refractivity contribution in [3.8, 4) is 0 Å². The number of nitrogens with one attached hydrogen (secondary N) is 1.